The normalized spacial score (nSPS) is 12.4. The molecule has 5 nitrogen and oxygen atoms in total. The molecule has 0 saturated carbocycles. The molecule has 2 aromatic rings. The van der Waals surface area contributed by atoms with Crippen LogP contribution in [0.1, 0.15) is 16.1 Å². The van der Waals surface area contributed by atoms with Gasteiger partial charge in [0.05, 0.1) is 6.42 Å². The van der Waals surface area contributed by atoms with Gasteiger partial charge in [-0.25, -0.2) is 0 Å². The van der Waals surface area contributed by atoms with Crippen LogP contribution in [-0.4, -0.2) is 17.7 Å². The SMILES string of the molecule is Cc1[nH]c(=S)sc1CC(=O)NCc1ccc2c(c1)OCO2. The summed E-state index contributed by atoms with van der Waals surface area (Å²) in [5, 5.41) is 2.90. The van der Waals surface area contributed by atoms with Crippen molar-refractivity contribution in [3.8, 4) is 11.5 Å². The molecule has 1 aliphatic rings. The summed E-state index contributed by atoms with van der Waals surface area (Å²) < 4.78 is 11.3. The Balaban J connectivity index is 1.58. The van der Waals surface area contributed by atoms with Crippen LogP contribution in [0, 0.1) is 10.9 Å². The average Bonchev–Trinajstić information content (AvgIpc) is 3.02. The molecule has 0 aliphatic carbocycles. The number of amides is 1. The second kappa shape index (κ2) is 5.87. The summed E-state index contributed by atoms with van der Waals surface area (Å²) >= 11 is 6.51. The zero-order chi connectivity index (χ0) is 14.8. The quantitative estimate of drug-likeness (QED) is 0.850. The summed E-state index contributed by atoms with van der Waals surface area (Å²) in [6, 6.07) is 5.65. The summed E-state index contributed by atoms with van der Waals surface area (Å²) in [4.78, 5) is 16.0. The van der Waals surface area contributed by atoms with Gasteiger partial charge in [0.2, 0.25) is 12.7 Å². The van der Waals surface area contributed by atoms with E-state index in [-0.39, 0.29) is 12.7 Å². The third-order valence-electron chi connectivity index (χ3n) is 3.17. The zero-order valence-corrected chi connectivity index (χ0v) is 13.0. The molecule has 0 radical (unpaired) electrons. The fourth-order valence-electron chi connectivity index (χ4n) is 2.07. The first-order valence-electron chi connectivity index (χ1n) is 6.45. The molecule has 1 aliphatic heterocycles. The maximum absolute atomic E-state index is 12.0. The second-order valence-corrected chi connectivity index (χ2v) is 6.48. The van der Waals surface area contributed by atoms with Gasteiger partial charge in [0.15, 0.2) is 15.5 Å². The van der Waals surface area contributed by atoms with Gasteiger partial charge in [0, 0.05) is 17.1 Å². The molecule has 2 heterocycles. The Morgan fingerprint density at radius 2 is 2.24 bits per heavy atom. The molecule has 0 unspecified atom stereocenters. The van der Waals surface area contributed by atoms with Crippen LogP contribution < -0.4 is 14.8 Å². The van der Waals surface area contributed by atoms with Gasteiger partial charge < -0.3 is 19.8 Å². The molecule has 110 valence electrons. The van der Waals surface area contributed by atoms with Gasteiger partial charge in [-0.05, 0) is 36.8 Å². The van der Waals surface area contributed by atoms with Gasteiger partial charge in [-0.15, -0.1) is 11.3 Å². The summed E-state index contributed by atoms with van der Waals surface area (Å²) in [6.45, 7) is 2.64. The lowest BCUT2D eigenvalue weighted by Crippen LogP contribution is -2.24. The van der Waals surface area contributed by atoms with Gasteiger partial charge in [-0.2, -0.15) is 0 Å². The van der Waals surface area contributed by atoms with Crippen LogP contribution >= 0.6 is 23.6 Å². The molecule has 21 heavy (non-hydrogen) atoms. The molecular weight excluding hydrogens is 308 g/mol. The van der Waals surface area contributed by atoms with E-state index in [2.05, 4.69) is 10.3 Å². The number of carbonyl (C=O) groups is 1. The van der Waals surface area contributed by atoms with Crippen LogP contribution in [0.25, 0.3) is 0 Å². The minimum absolute atomic E-state index is 0.0268. The number of fused-ring (bicyclic) bond motifs is 1. The van der Waals surface area contributed by atoms with E-state index in [1.165, 1.54) is 11.3 Å². The molecule has 0 spiro atoms. The van der Waals surface area contributed by atoms with Crippen molar-refractivity contribution < 1.29 is 14.3 Å². The molecule has 3 rings (SSSR count). The number of aromatic nitrogens is 1. The van der Waals surface area contributed by atoms with E-state index < -0.39 is 0 Å². The van der Waals surface area contributed by atoms with Gasteiger partial charge in [-0.3, -0.25) is 4.79 Å². The highest BCUT2D eigenvalue weighted by Crippen LogP contribution is 2.32. The predicted octanol–water partition coefficient (Wildman–Crippen LogP) is 2.70. The number of hydrogen-bond donors (Lipinski definition) is 2. The van der Waals surface area contributed by atoms with Crippen molar-refractivity contribution >= 4 is 29.5 Å². The van der Waals surface area contributed by atoms with Gasteiger partial charge >= 0.3 is 0 Å². The maximum Gasteiger partial charge on any atom is 0.231 e. The monoisotopic (exact) mass is 322 g/mol. The van der Waals surface area contributed by atoms with Gasteiger partial charge in [-0.1, -0.05) is 6.07 Å². The van der Waals surface area contributed by atoms with Crippen LogP contribution in [0.4, 0.5) is 0 Å². The topological polar surface area (TPSA) is 63.4 Å². The predicted molar refractivity (Wildman–Crippen MR) is 82.4 cm³/mol. The Labute approximate surface area is 130 Å². The standard InChI is InChI=1S/C14H14N2O3S2/c1-8-12(21-14(20)16-8)5-13(17)15-6-9-2-3-10-11(4-9)19-7-18-10/h2-4H,5-7H2,1H3,(H,15,17)(H,16,20). The molecule has 1 aromatic heterocycles. The number of aromatic amines is 1. The summed E-state index contributed by atoms with van der Waals surface area (Å²) in [7, 11) is 0. The molecule has 2 N–H and O–H groups in total. The van der Waals surface area contributed by atoms with Crippen LogP contribution in [0.3, 0.4) is 0 Å². The third-order valence-corrected chi connectivity index (χ3v) is 4.51. The van der Waals surface area contributed by atoms with Crippen LogP contribution in [0.2, 0.25) is 0 Å². The molecule has 1 aromatic carbocycles. The number of nitrogens with one attached hydrogen (secondary N) is 2. The third kappa shape index (κ3) is 3.25. The Morgan fingerprint density at radius 1 is 1.43 bits per heavy atom. The second-order valence-electron chi connectivity index (χ2n) is 4.70. The first-order chi connectivity index (χ1) is 10.1. The molecule has 0 bridgehead atoms. The number of carbonyl (C=O) groups excluding carboxylic acids is 1. The minimum Gasteiger partial charge on any atom is -0.454 e. The van der Waals surface area contributed by atoms with Crippen molar-refractivity contribution in [3.05, 3.63) is 38.3 Å². The van der Waals surface area contributed by atoms with Crippen molar-refractivity contribution in [1.82, 2.24) is 10.3 Å². The van der Waals surface area contributed by atoms with E-state index in [4.69, 9.17) is 21.7 Å². The first-order valence-corrected chi connectivity index (χ1v) is 7.68. The fourth-order valence-corrected chi connectivity index (χ4v) is 3.36. The molecule has 0 fully saturated rings. The van der Waals surface area contributed by atoms with Gasteiger partial charge in [0.1, 0.15) is 0 Å². The summed E-state index contributed by atoms with van der Waals surface area (Å²) in [6.07, 6.45) is 0.341. The number of hydrogen-bond acceptors (Lipinski definition) is 5. The van der Waals surface area contributed by atoms with Gasteiger partial charge in [0.25, 0.3) is 0 Å². The van der Waals surface area contributed by atoms with E-state index in [9.17, 15) is 4.79 Å². The number of rotatable bonds is 4. The highest BCUT2D eigenvalue weighted by Gasteiger charge is 2.14. The number of benzene rings is 1. The molecule has 0 saturated heterocycles. The van der Waals surface area contributed by atoms with E-state index in [0.717, 1.165) is 27.6 Å². The molecule has 0 atom stereocenters. The van der Waals surface area contributed by atoms with Crippen molar-refractivity contribution in [3.63, 3.8) is 0 Å². The number of thiazole rings is 1. The summed E-state index contributed by atoms with van der Waals surface area (Å²) in [5.74, 6) is 1.44. The lowest BCUT2D eigenvalue weighted by molar-refractivity contribution is -0.120. The van der Waals surface area contributed by atoms with E-state index in [1.807, 2.05) is 25.1 Å². The van der Waals surface area contributed by atoms with Crippen molar-refractivity contribution in [2.24, 2.45) is 0 Å². The highest BCUT2D eigenvalue weighted by atomic mass is 32.1. The van der Waals surface area contributed by atoms with Crippen molar-refractivity contribution in [1.29, 1.82) is 0 Å². The molecular formula is C14H14N2O3S2. The highest BCUT2D eigenvalue weighted by molar-refractivity contribution is 7.73. The van der Waals surface area contributed by atoms with Crippen molar-refractivity contribution in [2.75, 3.05) is 6.79 Å². The van der Waals surface area contributed by atoms with Crippen LogP contribution in [0.5, 0.6) is 11.5 Å². The van der Waals surface area contributed by atoms with Crippen molar-refractivity contribution in [2.45, 2.75) is 19.9 Å². The zero-order valence-electron chi connectivity index (χ0n) is 11.4. The average molecular weight is 322 g/mol. The van der Waals surface area contributed by atoms with Crippen LogP contribution in [-0.2, 0) is 17.8 Å². The number of aryl methyl sites for hydroxylation is 1. The van der Waals surface area contributed by atoms with E-state index >= 15 is 0 Å². The fraction of sp³-hybridized carbons (Fsp3) is 0.286. The van der Waals surface area contributed by atoms with E-state index in [1.54, 1.807) is 0 Å². The lowest BCUT2D eigenvalue weighted by atomic mass is 10.2. The number of ether oxygens (including phenoxy) is 2. The Kier molecular flexibility index (Phi) is 3.94. The molecule has 1 amide bonds. The van der Waals surface area contributed by atoms with E-state index in [0.29, 0.717) is 16.9 Å². The first kappa shape index (κ1) is 14.1. The Morgan fingerprint density at radius 3 is 3.00 bits per heavy atom. The lowest BCUT2D eigenvalue weighted by Gasteiger charge is -2.06. The Hall–Kier alpha value is -1.86. The summed E-state index contributed by atoms with van der Waals surface area (Å²) in [5.41, 5.74) is 1.94. The smallest absolute Gasteiger partial charge is 0.231 e. The molecule has 7 heteroatoms. The maximum atomic E-state index is 12.0. The Bertz CT molecular complexity index is 736. The minimum atomic E-state index is -0.0268. The van der Waals surface area contributed by atoms with Crippen LogP contribution in [0.15, 0.2) is 18.2 Å². The number of H-pyrrole nitrogens is 1. The largest absolute Gasteiger partial charge is 0.454 e.